The average Bonchev–Trinajstić information content (AvgIpc) is 2.70. The van der Waals surface area contributed by atoms with Crippen molar-refractivity contribution in [3.8, 4) is 0 Å². The van der Waals surface area contributed by atoms with E-state index in [1.54, 1.807) is 12.1 Å². The van der Waals surface area contributed by atoms with E-state index in [1.807, 2.05) is 23.1 Å². The first-order chi connectivity index (χ1) is 13.2. The molecule has 2 heterocycles. The summed E-state index contributed by atoms with van der Waals surface area (Å²) in [6.45, 7) is 3.11. The quantitative estimate of drug-likeness (QED) is 0.776. The predicted octanol–water partition coefficient (Wildman–Crippen LogP) is 3.58. The molecule has 0 aliphatic carbocycles. The average molecular weight is 368 g/mol. The molecule has 0 aromatic heterocycles. The van der Waals surface area contributed by atoms with E-state index in [-0.39, 0.29) is 17.9 Å². The van der Waals surface area contributed by atoms with Crippen LogP contribution in [0.15, 0.2) is 42.5 Å². The van der Waals surface area contributed by atoms with Gasteiger partial charge in [0.05, 0.1) is 5.69 Å². The number of carbonyl (C=O) groups is 1. The maximum Gasteiger partial charge on any atom is 0.321 e. The Labute approximate surface area is 158 Å². The van der Waals surface area contributed by atoms with Crippen LogP contribution in [0.4, 0.5) is 20.6 Å². The van der Waals surface area contributed by atoms with E-state index in [0.29, 0.717) is 18.8 Å². The minimum Gasteiger partial charge on any atom is -0.380 e. The number of nitrogens with one attached hydrogen (secondary N) is 3. The number of para-hydroxylation sites is 1. The van der Waals surface area contributed by atoms with Crippen molar-refractivity contribution in [3.63, 3.8) is 0 Å². The summed E-state index contributed by atoms with van der Waals surface area (Å²) in [6.07, 6.45) is 2.54. The molecule has 4 rings (SSSR count). The molecule has 1 fully saturated rings. The summed E-state index contributed by atoms with van der Waals surface area (Å²) in [5.74, 6) is -0.235. The predicted molar refractivity (Wildman–Crippen MR) is 105 cm³/mol. The normalized spacial score (nSPS) is 17.3. The number of rotatable bonds is 3. The SMILES string of the molecule is O=C(Nc1cccc2c1CCNC2)N1CCC(Nc2ccccc2F)CC1. The van der Waals surface area contributed by atoms with Crippen LogP contribution in [0.3, 0.4) is 0 Å². The fourth-order valence-corrected chi connectivity index (χ4v) is 3.87. The summed E-state index contributed by atoms with van der Waals surface area (Å²) >= 11 is 0. The molecule has 2 aromatic carbocycles. The lowest BCUT2D eigenvalue weighted by Crippen LogP contribution is -2.44. The Morgan fingerprint density at radius 2 is 1.85 bits per heavy atom. The van der Waals surface area contributed by atoms with Crippen molar-refractivity contribution in [2.45, 2.75) is 31.8 Å². The summed E-state index contributed by atoms with van der Waals surface area (Å²) in [6, 6.07) is 12.9. The molecule has 2 aliphatic heterocycles. The van der Waals surface area contributed by atoms with Crippen molar-refractivity contribution in [3.05, 3.63) is 59.4 Å². The van der Waals surface area contributed by atoms with Crippen LogP contribution in [0.25, 0.3) is 0 Å². The molecular weight excluding hydrogens is 343 g/mol. The number of anilines is 2. The number of hydrogen-bond acceptors (Lipinski definition) is 3. The van der Waals surface area contributed by atoms with Crippen LogP contribution < -0.4 is 16.0 Å². The summed E-state index contributed by atoms with van der Waals surface area (Å²) in [5.41, 5.74) is 3.95. The van der Waals surface area contributed by atoms with E-state index in [0.717, 1.165) is 38.0 Å². The Morgan fingerprint density at radius 3 is 2.67 bits per heavy atom. The van der Waals surface area contributed by atoms with Gasteiger partial charge in [-0.05, 0) is 55.1 Å². The Bertz CT molecular complexity index is 818. The van der Waals surface area contributed by atoms with Crippen molar-refractivity contribution >= 4 is 17.4 Å². The second-order valence-corrected chi connectivity index (χ2v) is 7.19. The summed E-state index contributed by atoms with van der Waals surface area (Å²) in [7, 11) is 0. The lowest BCUT2D eigenvalue weighted by atomic mass is 9.99. The molecule has 6 heteroatoms. The molecule has 142 valence electrons. The molecule has 0 radical (unpaired) electrons. The van der Waals surface area contributed by atoms with Gasteiger partial charge in [0.25, 0.3) is 0 Å². The van der Waals surface area contributed by atoms with Gasteiger partial charge in [0.2, 0.25) is 0 Å². The van der Waals surface area contributed by atoms with Crippen LogP contribution in [-0.2, 0) is 13.0 Å². The molecule has 1 saturated heterocycles. The van der Waals surface area contributed by atoms with Gasteiger partial charge >= 0.3 is 6.03 Å². The molecule has 0 bridgehead atoms. The molecular formula is C21H25FN4O. The van der Waals surface area contributed by atoms with E-state index in [4.69, 9.17) is 0 Å². The number of amides is 2. The van der Waals surface area contributed by atoms with Gasteiger partial charge in [-0.25, -0.2) is 9.18 Å². The number of likely N-dealkylation sites (tertiary alicyclic amines) is 1. The molecule has 27 heavy (non-hydrogen) atoms. The molecule has 0 atom stereocenters. The third kappa shape index (κ3) is 4.06. The van der Waals surface area contributed by atoms with E-state index in [1.165, 1.54) is 17.2 Å². The van der Waals surface area contributed by atoms with Gasteiger partial charge in [0, 0.05) is 31.4 Å². The van der Waals surface area contributed by atoms with Crippen LogP contribution in [0.2, 0.25) is 0 Å². The van der Waals surface area contributed by atoms with Crippen molar-refractivity contribution in [2.75, 3.05) is 30.3 Å². The van der Waals surface area contributed by atoms with Crippen LogP contribution in [-0.4, -0.2) is 36.6 Å². The Balaban J connectivity index is 1.33. The van der Waals surface area contributed by atoms with Crippen LogP contribution >= 0.6 is 0 Å². The highest BCUT2D eigenvalue weighted by Crippen LogP contribution is 2.24. The Kier molecular flexibility index (Phi) is 5.25. The highest BCUT2D eigenvalue weighted by molar-refractivity contribution is 5.90. The van der Waals surface area contributed by atoms with Crippen molar-refractivity contribution in [2.24, 2.45) is 0 Å². The highest BCUT2D eigenvalue weighted by atomic mass is 19.1. The third-order valence-electron chi connectivity index (χ3n) is 5.40. The molecule has 2 aliphatic rings. The van der Waals surface area contributed by atoms with Crippen molar-refractivity contribution < 1.29 is 9.18 Å². The smallest absolute Gasteiger partial charge is 0.321 e. The van der Waals surface area contributed by atoms with Crippen molar-refractivity contribution in [1.82, 2.24) is 10.2 Å². The summed E-state index contributed by atoms with van der Waals surface area (Å²) in [5, 5.41) is 9.71. The van der Waals surface area contributed by atoms with Gasteiger partial charge in [-0.3, -0.25) is 0 Å². The van der Waals surface area contributed by atoms with Gasteiger partial charge < -0.3 is 20.9 Å². The van der Waals surface area contributed by atoms with Gasteiger partial charge in [0.1, 0.15) is 5.82 Å². The minimum absolute atomic E-state index is 0.0497. The maximum atomic E-state index is 13.8. The second kappa shape index (κ2) is 7.96. The van der Waals surface area contributed by atoms with E-state index in [2.05, 4.69) is 22.0 Å². The number of fused-ring (bicyclic) bond motifs is 1. The number of benzene rings is 2. The standard InChI is InChI=1S/C21H25FN4O/c22-18-5-1-2-6-20(18)24-16-9-12-26(13-10-16)21(27)25-19-7-3-4-15-14-23-11-8-17(15)19/h1-7,16,23-24H,8-14H2,(H,25,27). The molecule has 3 N–H and O–H groups in total. The molecule has 2 amide bonds. The van der Waals surface area contributed by atoms with Crippen LogP contribution in [0, 0.1) is 5.82 Å². The fraction of sp³-hybridized carbons (Fsp3) is 0.381. The topological polar surface area (TPSA) is 56.4 Å². The zero-order valence-corrected chi connectivity index (χ0v) is 15.3. The molecule has 5 nitrogen and oxygen atoms in total. The number of carbonyl (C=O) groups excluding carboxylic acids is 1. The summed E-state index contributed by atoms with van der Waals surface area (Å²) in [4.78, 5) is 14.5. The third-order valence-corrected chi connectivity index (χ3v) is 5.40. The van der Waals surface area contributed by atoms with Gasteiger partial charge in [-0.15, -0.1) is 0 Å². The Hall–Kier alpha value is -2.60. The van der Waals surface area contributed by atoms with Gasteiger partial charge in [-0.2, -0.15) is 0 Å². The lowest BCUT2D eigenvalue weighted by Gasteiger charge is -2.33. The number of hydrogen-bond donors (Lipinski definition) is 3. The number of nitrogens with zero attached hydrogens (tertiary/aromatic N) is 1. The Morgan fingerprint density at radius 1 is 1.07 bits per heavy atom. The molecule has 0 unspecified atom stereocenters. The van der Waals surface area contributed by atoms with E-state index >= 15 is 0 Å². The first-order valence-electron chi connectivity index (χ1n) is 9.59. The second-order valence-electron chi connectivity index (χ2n) is 7.19. The number of urea groups is 1. The summed E-state index contributed by atoms with van der Waals surface area (Å²) < 4.78 is 13.8. The van der Waals surface area contributed by atoms with E-state index in [9.17, 15) is 9.18 Å². The molecule has 2 aromatic rings. The highest BCUT2D eigenvalue weighted by Gasteiger charge is 2.24. The van der Waals surface area contributed by atoms with Crippen LogP contribution in [0.5, 0.6) is 0 Å². The first kappa shape index (κ1) is 17.8. The largest absolute Gasteiger partial charge is 0.380 e. The molecule has 0 spiro atoms. The maximum absolute atomic E-state index is 13.8. The zero-order chi connectivity index (χ0) is 18.6. The van der Waals surface area contributed by atoms with Crippen LogP contribution in [0.1, 0.15) is 24.0 Å². The monoisotopic (exact) mass is 368 g/mol. The molecule has 0 saturated carbocycles. The van der Waals surface area contributed by atoms with Crippen molar-refractivity contribution in [1.29, 1.82) is 0 Å². The number of piperidine rings is 1. The lowest BCUT2D eigenvalue weighted by molar-refractivity contribution is 0.197. The van der Waals surface area contributed by atoms with Gasteiger partial charge in [-0.1, -0.05) is 24.3 Å². The van der Waals surface area contributed by atoms with E-state index < -0.39 is 0 Å². The van der Waals surface area contributed by atoms with Gasteiger partial charge in [0.15, 0.2) is 0 Å². The first-order valence-corrected chi connectivity index (χ1v) is 9.59. The zero-order valence-electron chi connectivity index (χ0n) is 15.3. The minimum atomic E-state index is -0.235. The number of halogens is 1. The fourth-order valence-electron chi connectivity index (χ4n) is 3.87.